The Labute approximate surface area is 167 Å². The number of piperidine rings is 2. The first-order valence-electron chi connectivity index (χ1n) is 10.4. The van der Waals surface area contributed by atoms with Crippen molar-refractivity contribution in [1.82, 2.24) is 20.1 Å². The van der Waals surface area contributed by atoms with Crippen LogP contribution in [0, 0.1) is 5.92 Å². The first kappa shape index (κ1) is 20.7. The molecule has 0 radical (unpaired) electrons. The third-order valence-electron chi connectivity index (χ3n) is 5.78. The lowest BCUT2D eigenvalue weighted by Gasteiger charge is -2.42. The number of carbonyl (C=O) groups excluding carboxylic acids is 2. The molecule has 2 fully saturated rings. The van der Waals surface area contributed by atoms with Crippen molar-refractivity contribution < 1.29 is 14.3 Å². The van der Waals surface area contributed by atoms with Crippen LogP contribution in [0.2, 0.25) is 0 Å². The summed E-state index contributed by atoms with van der Waals surface area (Å²) in [6.45, 7) is 6.61. The maximum atomic E-state index is 12.6. The van der Waals surface area contributed by atoms with E-state index in [1.165, 1.54) is 0 Å². The molecule has 7 heteroatoms. The lowest BCUT2D eigenvalue weighted by molar-refractivity contribution is -0.137. The van der Waals surface area contributed by atoms with Gasteiger partial charge in [-0.1, -0.05) is 6.07 Å². The number of hydrogen-bond acceptors (Lipinski definition) is 5. The molecule has 1 aromatic heterocycles. The molecule has 28 heavy (non-hydrogen) atoms. The van der Waals surface area contributed by atoms with E-state index in [0.717, 1.165) is 57.4 Å². The van der Waals surface area contributed by atoms with Crippen molar-refractivity contribution in [2.45, 2.75) is 45.2 Å². The zero-order valence-corrected chi connectivity index (χ0v) is 16.8. The van der Waals surface area contributed by atoms with Gasteiger partial charge in [-0.05, 0) is 50.8 Å². The van der Waals surface area contributed by atoms with Gasteiger partial charge in [-0.25, -0.2) is 0 Å². The van der Waals surface area contributed by atoms with Crippen LogP contribution in [0.3, 0.4) is 0 Å². The Morgan fingerprint density at radius 2 is 2.07 bits per heavy atom. The highest BCUT2D eigenvalue weighted by atomic mass is 16.5. The summed E-state index contributed by atoms with van der Waals surface area (Å²) in [6.07, 6.45) is 7.47. The Hall–Kier alpha value is -1.99. The van der Waals surface area contributed by atoms with E-state index < -0.39 is 0 Å². The third-order valence-corrected chi connectivity index (χ3v) is 5.78. The molecule has 3 heterocycles. The SMILES string of the molecule is CCOCC(=O)N1CCC(N2CCC[C@@H](C(=O)NCc3cccnc3)C2)CC1. The van der Waals surface area contributed by atoms with E-state index in [0.29, 0.717) is 19.2 Å². The van der Waals surface area contributed by atoms with E-state index in [1.807, 2.05) is 24.0 Å². The first-order chi connectivity index (χ1) is 13.7. The maximum absolute atomic E-state index is 12.6. The number of nitrogens with zero attached hydrogens (tertiary/aromatic N) is 3. The van der Waals surface area contributed by atoms with Crippen LogP contribution in [-0.2, 0) is 20.9 Å². The molecule has 1 atom stereocenters. The van der Waals surface area contributed by atoms with Gasteiger partial charge in [0, 0.05) is 51.2 Å². The average Bonchev–Trinajstić information content (AvgIpc) is 2.76. The number of hydrogen-bond donors (Lipinski definition) is 1. The molecule has 0 aromatic carbocycles. The normalized spacial score (nSPS) is 21.5. The number of likely N-dealkylation sites (tertiary alicyclic amines) is 2. The van der Waals surface area contributed by atoms with Crippen molar-refractivity contribution >= 4 is 11.8 Å². The molecule has 0 bridgehead atoms. The van der Waals surface area contributed by atoms with Gasteiger partial charge in [0.2, 0.25) is 11.8 Å². The highest BCUT2D eigenvalue weighted by Crippen LogP contribution is 2.24. The number of aromatic nitrogens is 1. The topological polar surface area (TPSA) is 74.8 Å². The zero-order valence-electron chi connectivity index (χ0n) is 16.8. The average molecular weight is 389 g/mol. The molecule has 2 amide bonds. The van der Waals surface area contributed by atoms with E-state index in [-0.39, 0.29) is 24.3 Å². The zero-order chi connectivity index (χ0) is 19.8. The minimum Gasteiger partial charge on any atom is -0.372 e. The number of amides is 2. The number of carbonyl (C=O) groups is 2. The van der Waals surface area contributed by atoms with Crippen LogP contribution in [0.1, 0.15) is 38.2 Å². The van der Waals surface area contributed by atoms with Gasteiger partial charge >= 0.3 is 0 Å². The minimum absolute atomic E-state index is 0.0445. The maximum Gasteiger partial charge on any atom is 0.248 e. The van der Waals surface area contributed by atoms with Gasteiger partial charge < -0.3 is 15.0 Å². The molecule has 0 aliphatic carbocycles. The fourth-order valence-corrected chi connectivity index (χ4v) is 4.15. The summed E-state index contributed by atoms with van der Waals surface area (Å²) in [7, 11) is 0. The Kier molecular flexibility index (Phi) is 7.80. The second kappa shape index (κ2) is 10.5. The minimum atomic E-state index is 0.0445. The van der Waals surface area contributed by atoms with Gasteiger partial charge in [-0.3, -0.25) is 19.5 Å². The van der Waals surface area contributed by atoms with E-state index in [4.69, 9.17) is 4.74 Å². The molecule has 1 N–H and O–H groups in total. The summed E-state index contributed by atoms with van der Waals surface area (Å²) in [5.41, 5.74) is 1.02. The van der Waals surface area contributed by atoms with Crippen LogP contribution < -0.4 is 5.32 Å². The van der Waals surface area contributed by atoms with Crippen molar-refractivity contribution in [1.29, 1.82) is 0 Å². The van der Waals surface area contributed by atoms with Gasteiger partial charge in [-0.2, -0.15) is 0 Å². The molecule has 2 saturated heterocycles. The van der Waals surface area contributed by atoms with Gasteiger partial charge in [0.1, 0.15) is 6.61 Å². The fraction of sp³-hybridized carbons (Fsp3) is 0.667. The van der Waals surface area contributed by atoms with Crippen LogP contribution in [0.25, 0.3) is 0 Å². The number of rotatable bonds is 7. The second-order valence-electron chi connectivity index (χ2n) is 7.66. The van der Waals surface area contributed by atoms with Gasteiger partial charge in [0.15, 0.2) is 0 Å². The fourth-order valence-electron chi connectivity index (χ4n) is 4.15. The summed E-state index contributed by atoms with van der Waals surface area (Å²) in [5, 5.41) is 3.06. The standard InChI is InChI=1S/C21H32N4O3/c1-2-28-16-20(26)24-11-7-19(8-12-24)25-10-4-6-18(15-25)21(27)23-14-17-5-3-9-22-13-17/h3,5,9,13,18-19H,2,4,6-8,10-12,14-16H2,1H3,(H,23,27)/t18-/m1/s1. The van der Waals surface area contributed by atoms with Crippen molar-refractivity contribution in [3.8, 4) is 0 Å². The molecule has 3 rings (SSSR count). The molecule has 154 valence electrons. The van der Waals surface area contributed by atoms with Crippen LogP contribution in [0.4, 0.5) is 0 Å². The summed E-state index contributed by atoms with van der Waals surface area (Å²) >= 11 is 0. The smallest absolute Gasteiger partial charge is 0.248 e. The van der Waals surface area contributed by atoms with Crippen molar-refractivity contribution in [3.05, 3.63) is 30.1 Å². The molecule has 1 aromatic rings. The number of pyridine rings is 1. The monoisotopic (exact) mass is 388 g/mol. The van der Waals surface area contributed by atoms with Crippen LogP contribution in [-0.4, -0.2) is 72.0 Å². The lowest BCUT2D eigenvalue weighted by atomic mass is 9.93. The largest absolute Gasteiger partial charge is 0.372 e. The lowest BCUT2D eigenvalue weighted by Crippen LogP contribution is -2.51. The molecule has 0 spiro atoms. The van der Waals surface area contributed by atoms with Crippen molar-refractivity contribution in [3.63, 3.8) is 0 Å². The van der Waals surface area contributed by atoms with E-state index in [2.05, 4.69) is 15.2 Å². The molecule has 0 unspecified atom stereocenters. The predicted molar refractivity (Wildman–Crippen MR) is 106 cm³/mol. The van der Waals surface area contributed by atoms with Gasteiger partial charge in [0.25, 0.3) is 0 Å². The van der Waals surface area contributed by atoms with Crippen molar-refractivity contribution in [2.24, 2.45) is 5.92 Å². The molecule has 2 aliphatic heterocycles. The number of ether oxygens (including phenoxy) is 1. The Morgan fingerprint density at radius 3 is 2.79 bits per heavy atom. The number of nitrogens with one attached hydrogen (secondary N) is 1. The second-order valence-corrected chi connectivity index (χ2v) is 7.66. The van der Waals surface area contributed by atoms with Crippen LogP contribution in [0.15, 0.2) is 24.5 Å². The predicted octanol–water partition coefficient (Wildman–Crippen LogP) is 1.44. The summed E-state index contributed by atoms with van der Waals surface area (Å²) in [4.78, 5) is 33.2. The van der Waals surface area contributed by atoms with E-state index >= 15 is 0 Å². The molecular formula is C21H32N4O3. The highest BCUT2D eigenvalue weighted by Gasteiger charge is 2.32. The Balaban J connectivity index is 1.43. The Morgan fingerprint density at radius 1 is 1.25 bits per heavy atom. The van der Waals surface area contributed by atoms with E-state index in [1.54, 1.807) is 12.4 Å². The summed E-state index contributed by atoms with van der Waals surface area (Å²) in [5.74, 6) is 0.271. The van der Waals surface area contributed by atoms with Crippen LogP contribution >= 0.6 is 0 Å². The Bertz CT molecular complexity index is 632. The van der Waals surface area contributed by atoms with Gasteiger partial charge in [0.05, 0.1) is 5.92 Å². The molecular weight excluding hydrogens is 356 g/mol. The molecule has 7 nitrogen and oxygen atoms in total. The van der Waals surface area contributed by atoms with Crippen molar-refractivity contribution in [2.75, 3.05) is 39.4 Å². The van der Waals surface area contributed by atoms with Crippen LogP contribution in [0.5, 0.6) is 0 Å². The molecule has 0 saturated carbocycles. The van der Waals surface area contributed by atoms with Gasteiger partial charge in [-0.15, -0.1) is 0 Å². The summed E-state index contributed by atoms with van der Waals surface area (Å²) in [6, 6.07) is 4.32. The molecule has 2 aliphatic rings. The quantitative estimate of drug-likeness (QED) is 0.765. The first-order valence-corrected chi connectivity index (χ1v) is 10.4. The third kappa shape index (κ3) is 5.75. The van der Waals surface area contributed by atoms with E-state index in [9.17, 15) is 9.59 Å². The highest BCUT2D eigenvalue weighted by molar-refractivity contribution is 5.79. The summed E-state index contributed by atoms with van der Waals surface area (Å²) < 4.78 is 5.24.